The van der Waals surface area contributed by atoms with Gasteiger partial charge < -0.3 is 15.2 Å². The van der Waals surface area contributed by atoms with Crippen LogP contribution in [0.4, 0.5) is 5.69 Å². The molecule has 0 aliphatic carbocycles. The number of hydrogen-bond acceptors (Lipinski definition) is 4. The highest BCUT2D eigenvalue weighted by Gasteiger charge is 2.07. The zero-order chi connectivity index (χ0) is 12.3. The fourth-order valence-electron chi connectivity index (χ4n) is 1.31. The smallest absolute Gasteiger partial charge is 0.167 e. The Kier molecular flexibility index (Phi) is 3.49. The van der Waals surface area contributed by atoms with Crippen molar-refractivity contribution in [3.8, 4) is 17.2 Å². The van der Waals surface area contributed by atoms with Crippen LogP contribution in [0.3, 0.4) is 0 Å². The first kappa shape index (κ1) is 11.7. The van der Waals surface area contributed by atoms with Crippen molar-refractivity contribution in [3.63, 3.8) is 0 Å². The summed E-state index contributed by atoms with van der Waals surface area (Å²) in [5, 5.41) is 0. The van der Waals surface area contributed by atoms with Crippen molar-refractivity contribution in [2.75, 3.05) is 12.8 Å². The third-order valence-corrected chi connectivity index (χ3v) is 2.72. The summed E-state index contributed by atoms with van der Waals surface area (Å²) >= 11 is 3.34. The fourth-order valence-corrected chi connectivity index (χ4v) is 1.74. The Hall–Kier alpha value is -1.75. The predicted molar refractivity (Wildman–Crippen MR) is 69.4 cm³/mol. The van der Waals surface area contributed by atoms with Crippen LogP contribution in [-0.4, -0.2) is 12.1 Å². The van der Waals surface area contributed by atoms with E-state index >= 15 is 0 Å². The number of ether oxygens (including phenoxy) is 2. The zero-order valence-electron chi connectivity index (χ0n) is 9.18. The molecule has 0 radical (unpaired) electrons. The van der Waals surface area contributed by atoms with Crippen molar-refractivity contribution in [1.82, 2.24) is 4.98 Å². The van der Waals surface area contributed by atoms with Gasteiger partial charge in [-0.05, 0) is 40.2 Å². The molecule has 17 heavy (non-hydrogen) atoms. The molecule has 0 unspecified atom stereocenters. The summed E-state index contributed by atoms with van der Waals surface area (Å²) < 4.78 is 11.5. The Balaban J connectivity index is 2.25. The molecule has 88 valence electrons. The van der Waals surface area contributed by atoms with Crippen LogP contribution < -0.4 is 15.2 Å². The molecule has 1 aromatic heterocycles. The SMILES string of the molecule is COc1ccc(Oc2c(N)cncc2Br)cc1. The van der Waals surface area contributed by atoms with Crippen molar-refractivity contribution in [2.45, 2.75) is 0 Å². The van der Waals surface area contributed by atoms with Gasteiger partial charge in [0.05, 0.1) is 23.5 Å². The molecule has 0 amide bonds. The lowest BCUT2D eigenvalue weighted by Crippen LogP contribution is -1.94. The molecule has 0 bridgehead atoms. The van der Waals surface area contributed by atoms with Gasteiger partial charge in [0.25, 0.3) is 0 Å². The molecular formula is C12H11BrN2O2. The van der Waals surface area contributed by atoms with E-state index in [2.05, 4.69) is 20.9 Å². The summed E-state index contributed by atoms with van der Waals surface area (Å²) in [6, 6.07) is 7.26. The van der Waals surface area contributed by atoms with E-state index in [0.29, 0.717) is 21.7 Å². The molecule has 2 N–H and O–H groups in total. The van der Waals surface area contributed by atoms with Gasteiger partial charge in [-0.3, -0.25) is 4.98 Å². The van der Waals surface area contributed by atoms with Crippen molar-refractivity contribution in [3.05, 3.63) is 41.1 Å². The standard InChI is InChI=1S/C12H11BrN2O2/c1-16-8-2-4-9(5-3-8)17-12-10(13)6-15-7-11(12)14/h2-7H,14H2,1H3. The van der Waals surface area contributed by atoms with Gasteiger partial charge in [0, 0.05) is 6.20 Å². The first-order chi connectivity index (χ1) is 8.20. The Morgan fingerprint density at radius 1 is 1.12 bits per heavy atom. The summed E-state index contributed by atoms with van der Waals surface area (Å²) in [6.07, 6.45) is 3.18. The normalized spacial score (nSPS) is 10.0. The second kappa shape index (κ2) is 5.05. The van der Waals surface area contributed by atoms with E-state index < -0.39 is 0 Å². The molecule has 0 saturated heterocycles. The van der Waals surface area contributed by atoms with Crippen molar-refractivity contribution < 1.29 is 9.47 Å². The molecule has 0 atom stereocenters. The number of nitrogen functional groups attached to an aromatic ring is 1. The average molecular weight is 295 g/mol. The quantitative estimate of drug-likeness (QED) is 0.944. The average Bonchev–Trinajstić information content (AvgIpc) is 2.35. The van der Waals surface area contributed by atoms with Gasteiger partial charge in [0.15, 0.2) is 5.75 Å². The summed E-state index contributed by atoms with van der Waals surface area (Å²) in [7, 11) is 1.62. The molecule has 0 fully saturated rings. The number of nitrogens with zero attached hydrogens (tertiary/aromatic N) is 1. The van der Waals surface area contributed by atoms with Crippen LogP contribution in [0.1, 0.15) is 0 Å². The van der Waals surface area contributed by atoms with E-state index in [-0.39, 0.29) is 0 Å². The summed E-state index contributed by atoms with van der Waals surface area (Å²) in [6.45, 7) is 0. The van der Waals surface area contributed by atoms with E-state index in [1.807, 2.05) is 24.3 Å². The topological polar surface area (TPSA) is 57.4 Å². The molecule has 0 aliphatic heterocycles. The number of anilines is 1. The largest absolute Gasteiger partial charge is 0.497 e. The van der Waals surface area contributed by atoms with E-state index in [9.17, 15) is 0 Å². The Bertz CT molecular complexity index is 494. The Morgan fingerprint density at radius 3 is 2.35 bits per heavy atom. The Morgan fingerprint density at radius 2 is 1.76 bits per heavy atom. The number of benzene rings is 1. The molecule has 1 aromatic carbocycles. The van der Waals surface area contributed by atoms with Crippen molar-refractivity contribution in [2.24, 2.45) is 0 Å². The monoisotopic (exact) mass is 294 g/mol. The number of rotatable bonds is 3. The minimum absolute atomic E-state index is 0.482. The van der Waals surface area contributed by atoms with Crippen molar-refractivity contribution in [1.29, 1.82) is 0 Å². The molecule has 1 heterocycles. The lowest BCUT2D eigenvalue weighted by Gasteiger charge is -2.10. The maximum absolute atomic E-state index is 5.78. The van der Waals surface area contributed by atoms with Gasteiger partial charge >= 0.3 is 0 Å². The molecule has 4 nitrogen and oxygen atoms in total. The number of aromatic nitrogens is 1. The molecule has 0 spiro atoms. The third kappa shape index (κ3) is 2.68. The number of nitrogens with two attached hydrogens (primary N) is 1. The van der Waals surface area contributed by atoms with Gasteiger partial charge in [-0.2, -0.15) is 0 Å². The zero-order valence-corrected chi connectivity index (χ0v) is 10.8. The van der Waals surface area contributed by atoms with Crippen LogP contribution in [0.5, 0.6) is 17.2 Å². The first-order valence-corrected chi connectivity index (χ1v) is 5.71. The van der Waals surface area contributed by atoms with Crippen LogP contribution in [0.15, 0.2) is 41.1 Å². The van der Waals surface area contributed by atoms with E-state index in [1.54, 1.807) is 19.5 Å². The first-order valence-electron chi connectivity index (χ1n) is 4.91. The maximum atomic E-state index is 5.78. The van der Waals surface area contributed by atoms with E-state index in [0.717, 1.165) is 5.75 Å². The fraction of sp³-hybridized carbons (Fsp3) is 0.0833. The highest BCUT2D eigenvalue weighted by molar-refractivity contribution is 9.10. The lowest BCUT2D eigenvalue weighted by molar-refractivity contribution is 0.413. The van der Waals surface area contributed by atoms with Crippen LogP contribution in [0.2, 0.25) is 0 Å². The number of halogens is 1. The summed E-state index contributed by atoms with van der Waals surface area (Å²) in [4.78, 5) is 3.94. The predicted octanol–water partition coefficient (Wildman–Crippen LogP) is 3.23. The van der Waals surface area contributed by atoms with Crippen molar-refractivity contribution >= 4 is 21.6 Å². The number of pyridine rings is 1. The molecule has 5 heteroatoms. The lowest BCUT2D eigenvalue weighted by atomic mass is 10.3. The van der Waals surface area contributed by atoms with Gasteiger partial charge in [-0.15, -0.1) is 0 Å². The van der Waals surface area contributed by atoms with Gasteiger partial charge in [-0.25, -0.2) is 0 Å². The summed E-state index contributed by atoms with van der Waals surface area (Å²) in [5.74, 6) is 2.02. The minimum atomic E-state index is 0.482. The molecule has 2 aromatic rings. The highest BCUT2D eigenvalue weighted by Crippen LogP contribution is 2.34. The van der Waals surface area contributed by atoms with Crippen LogP contribution in [-0.2, 0) is 0 Å². The van der Waals surface area contributed by atoms with Gasteiger partial charge in [0.2, 0.25) is 0 Å². The number of hydrogen-bond donors (Lipinski definition) is 1. The molecule has 0 saturated carbocycles. The van der Waals surface area contributed by atoms with Gasteiger partial charge in [0.1, 0.15) is 11.5 Å². The van der Waals surface area contributed by atoms with Crippen LogP contribution in [0, 0.1) is 0 Å². The second-order valence-electron chi connectivity index (χ2n) is 3.32. The van der Waals surface area contributed by atoms with Crippen LogP contribution in [0.25, 0.3) is 0 Å². The van der Waals surface area contributed by atoms with E-state index in [1.165, 1.54) is 0 Å². The van der Waals surface area contributed by atoms with E-state index in [4.69, 9.17) is 15.2 Å². The Labute approximate surface area is 108 Å². The maximum Gasteiger partial charge on any atom is 0.167 e. The second-order valence-corrected chi connectivity index (χ2v) is 4.17. The third-order valence-electron chi connectivity index (χ3n) is 2.16. The molecular weight excluding hydrogens is 284 g/mol. The van der Waals surface area contributed by atoms with Crippen LogP contribution >= 0.6 is 15.9 Å². The van der Waals surface area contributed by atoms with Gasteiger partial charge in [-0.1, -0.05) is 0 Å². The number of methoxy groups -OCH3 is 1. The molecule has 2 rings (SSSR count). The summed E-state index contributed by atoms with van der Waals surface area (Å²) in [5.41, 5.74) is 6.26. The molecule has 0 aliphatic rings. The minimum Gasteiger partial charge on any atom is -0.497 e. The highest BCUT2D eigenvalue weighted by atomic mass is 79.9.